The van der Waals surface area contributed by atoms with Crippen LogP contribution in [0.1, 0.15) is 164 Å². The molecule has 5 aliphatic rings. The Labute approximate surface area is 754 Å². The number of hydrogen-bond donors (Lipinski definition) is 4. The van der Waals surface area contributed by atoms with Crippen molar-refractivity contribution in [2.45, 2.75) is 217 Å². The van der Waals surface area contributed by atoms with E-state index < -0.39 is 51.8 Å². The third-order valence-corrected chi connectivity index (χ3v) is 29.3. The molecule has 26 nitrogen and oxygen atoms in total. The van der Waals surface area contributed by atoms with Gasteiger partial charge in [0.1, 0.15) is 0 Å². The van der Waals surface area contributed by atoms with E-state index in [-0.39, 0.29) is 231 Å². The van der Waals surface area contributed by atoms with Gasteiger partial charge in [0.05, 0.1) is 0 Å². The molecular weight excluding hydrogens is 2380 g/mol. The SMILES string of the molecule is C=C1N=C(N)C=CN1[C@@H]1O[C@](C)(C(C)O[PH](C)=[W])[C@@H](C)C1(C)C.CC(O[PH](C)=[W])[C@@]1(C)O[C@@H](n2ccc(=O)[nH]c2=O)C(C)(C)[C@@H]1C.CC(O[PH](C)=[W])[C@@]1(C)O[C@@H](n2cnc3c(N)ncnc32)C(C)(C)[C@@H]1C.CCOc1nc(N)nc2c1ncn2[C@@H]1O[C@](C)(C(C)O[PH](C)=[W])[C@@H](C)C1(C)C.[Y].[Y].[Y].[Y]. The first-order valence-corrected chi connectivity index (χ1v) is 58.2. The van der Waals surface area contributed by atoms with Crippen molar-refractivity contribution in [3.05, 3.63) is 76.8 Å². The zero-order valence-corrected chi connectivity index (χ0v) is 91.6. The maximum Gasteiger partial charge on any atom is 0 e. The predicted octanol–water partition coefficient (Wildman–Crippen LogP) is 11.5. The first kappa shape index (κ1) is 99.7. The fraction of sp³-hybridized carbons (Fsp3) is 0.708. The second-order valence-corrected chi connectivity index (χ2v) is 59.4. The normalized spacial score (nSPS) is 30.8. The number of aromatic nitrogens is 10. The molecule has 5 aromatic heterocycles. The van der Waals surface area contributed by atoms with Crippen LogP contribution in [0, 0.1) is 45.3 Å². The molecule has 0 bridgehead atoms. The third-order valence-electron chi connectivity index (χ3n) is 22.4. The monoisotopic (exact) mass is 2490 g/mol. The van der Waals surface area contributed by atoms with Crippen LogP contribution in [0.4, 0.5) is 11.8 Å². The number of aromatic amines is 1. The number of fused-ring (bicyclic) bond motifs is 2. The molecule has 0 aromatic carbocycles. The molecule has 5 aromatic rings. The van der Waals surface area contributed by atoms with E-state index in [4.69, 9.17) is 59.0 Å². The van der Waals surface area contributed by atoms with Crippen LogP contribution in [0.15, 0.2) is 70.5 Å². The number of H-pyrrole nitrogens is 1. The molecule has 4 saturated heterocycles. The number of aliphatic imine (C=N–C) groups is 1. The number of nitrogen functional groups attached to an aromatic ring is 2. The minimum absolute atomic E-state index is 0. The second-order valence-electron chi connectivity index (χ2n) is 29.7. The van der Waals surface area contributed by atoms with E-state index >= 15 is 0 Å². The van der Waals surface area contributed by atoms with Gasteiger partial charge in [0.25, 0.3) is 0 Å². The number of hydrogen-bond acceptors (Lipinski definition) is 22. The van der Waals surface area contributed by atoms with Crippen molar-refractivity contribution in [3.8, 4) is 5.88 Å². The summed E-state index contributed by atoms with van der Waals surface area (Å²) in [6.45, 7) is 58.4. The zero-order valence-electron chi connectivity index (χ0n) is 64.5. The molecular formula is C65H109N15O11P4W4Y4. The first-order chi connectivity index (χ1) is 45.6. The van der Waals surface area contributed by atoms with Gasteiger partial charge in [-0.25, -0.2) is 0 Å². The van der Waals surface area contributed by atoms with Gasteiger partial charge in [-0.3, -0.25) is 0 Å². The number of amidine groups is 1. The predicted molar refractivity (Wildman–Crippen MR) is 383 cm³/mol. The van der Waals surface area contributed by atoms with E-state index in [9.17, 15) is 9.59 Å². The Morgan fingerprint density at radius 2 is 0.932 bits per heavy atom. The molecule has 5 aliphatic heterocycles. The molecule has 8 unspecified atom stereocenters. The average molecular weight is 2490 g/mol. The number of anilines is 2. The summed E-state index contributed by atoms with van der Waals surface area (Å²) < 4.78 is 62.1. The Balaban J connectivity index is 0.000000353. The van der Waals surface area contributed by atoms with Crippen LogP contribution in [0.5, 0.6) is 5.88 Å². The van der Waals surface area contributed by atoms with Gasteiger partial charge in [-0.05, 0) is 6.92 Å². The van der Waals surface area contributed by atoms with Gasteiger partial charge in [0.2, 0.25) is 0 Å². The molecule has 103 heavy (non-hydrogen) atoms. The van der Waals surface area contributed by atoms with Gasteiger partial charge < -0.3 is 0 Å². The Hall–Kier alpha value is 2.50. The number of nitrogens with two attached hydrogens (primary N) is 3. The molecule has 38 heteroatoms. The van der Waals surface area contributed by atoms with Crippen LogP contribution >= 0.6 is 23.1 Å². The van der Waals surface area contributed by atoms with Gasteiger partial charge in [0.15, 0.2) is 0 Å². The second kappa shape index (κ2) is 39.4. The summed E-state index contributed by atoms with van der Waals surface area (Å²) in [6, 6.07) is 1.35. The van der Waals surface area contributed by atoms with Crippen LogP contribution in [0.2, 0.25) is 0 Å². The summed E-state index contributed by atoms with van der Waals surface area (Å²) in [4.78, 5) is 58.0. The Bertz CT molecular complexity index is 4080. The van der Waals surface area contributed by atoms with E-state index in [2.05, 4.69) is 205 Å². The minimum Gasteiger partial charge on any atom is 0 e. The summed E-state index contributed by atoms with van der Waals surface area (Å²) in [5.41, 5.74) is 17.0. The van der Waals surface area contributed by atoms with E-state index in [1.807, 2.05) is 34.1 Å². The van der Waals surface area contributed by atoms with E-state index in [0.717, 1.165) is 0 Å². The van der Waals surface area contributed by atoms with Crippen molar-refractivity contribution in [2.75, 3.05) is 44.7 Å². The van der Waals surface area contributed by atoms with Crippen LogP contribution in [-0.2, 0) is 243 Å². The standard InChI is InChI=1S/C18H30N5O3P.C16H26N5O2P.C16H28N3O2P.C15H25N2O4P.4W.4Y/c1-8-24-14-12-13(21-16(19)22-14)23(9-20-12)15-17(4,5)10(2)18(6,25-15)11(3)26-27-7;1-9-15(3,4)14(22-16(9,5)10(2)23-24-6)21-8-20-11-12(17)18-7-19-13(11)21;1-10-15(4,5)14(19-9-8-13(17)18-12(19)3)20-16(10,6)11(2)21-22-7;1-9-14(3,4)12(17-8-7-11(18)16-13(17)19)20-15(9,5)10(2)21-22-6;;;;;;;;/h9-11,15,27H,8H2,1-7H3,(H2,19,21,22);7-10,14,24H,1-6H3,(H2,17,18,19);8-11,14,22H,3H2,1-2,4-7H3,(H2,17,18);7-10,12,22H,1-6H3,(H,16,18,19);;;;;;;;/t10-,11?,15+,18-;9-,10?,14+,16-;10-,11?,14+,16-;9-,10?,12+,15-;;;;;;;;/m0000......../s1. The number of imidazole rings is 2. The third kappa shape index (κ3) is 21.2. The number of nitrogens with one attached hydrogen (secondary N) is 1. The van der Waals surface area contributed by atoms with Crippen molar-refractivity contribution in [3.63, 3.8) is 0 Å². The van der Waals surface area contributed by atoms with E-state index in [1.54, 1.807) is 18.7 Å². The number of nitrogens with zero attached hydrogens (tertiary/aromatic N) is 11. The van der Waals surface area contributed by atoms with Crippen molar-refractivity contribution in [2.24, 2.45) is 56.1 Å². The smallest absolute Gasteiger partial charge is 0 e. The van der Waals surface area contributed by atoms with E-state index in [1.165, 1.54) is 98.4 Å². The fourth-order valence-corrected chi connectivity index (χ4v) is 23.5. The molecule has 566 valence electrons. The molecule has 10 rings (SSSR count). The maximum atomic E-state index is 12.2. The number of ether oxygens (including phenoxy) is 5. The molecule has 0 amide bonds. The van der Waals surface area contributed by atoms with Gasteiger partial charge >= 0.3 is 627 Å². The molecule has 0 saturated carbocycles. The van der Waals surface area contributed by atoms with Gasteiger partial charge in [-0.15, -0.1) is 0 Å². The Kier molecular flexibility index (Phi) is 38.2. The molecule has 0 spiro atoms. The summed E-state index contributed by atoms with van der Waals surface area (Å²) in [5, 5.41) is 0. The van der Waals surface area contributed by atoms with Crippen molar-refractivity contribution in [1.82, 2.24) is 53.5 Å². The van der Waals surface area contributed by atoms with Crippen LogP contribution in [-0.4, -0.2) is 146 Å². The average Bonchev–Trinajstić information content (AvgIpc) is 1.60. The summed E-state index contributed by atoms with van der Waals surface area (Å²) in [6.07, 6.45) is 9.14. The quantitative estimate of drug-likeness (QED) is 0.0592. The molecule has 4 fully saturated rings. The summed E-state index contributed by atoms with van der Waals surface area (Å²) in [7, 11) is 0. The van der Waals surface area contributed by atoms with Gasteiger partial charge in [-0.2, -0.15) is 0 Å². The summed E-state index contributed by atoms with van der Waals surface area (Å²) in [5.74, 6) is 0.0901. The van der Waals surface area contributed by atoms with E-state index in [0.29, 0.717) is 58.2 Å². The molecule has 4 radical (unpaired) electrons. The molecule has 0 aliphatic carbocycles. The van der Waals surface area contributed by atoms with Crippen molar-refractivity contribution >= 4 is 63.1 Å². The maximum absolute atomic E-state index is 12.2. The van der Waals surface area contributed by atoms with Crippen LogP contribution < -0.4 is 33.2 Å². The number of rotatable bonds is 18. The minimum atomic E-state index is -0.776. The fourth-order valence-electron chi connectivity index (χ4n) is 14.4. The molecule has 10 heterocycles. The van der Waals surface area contributed by atoms with Crippen LogP contribution in [0.3, 0.4) is 0 Å². The first-order valence-electron chi connectivity index (χ1n) is 33.4. The van der Waals surface area contributed by atoms with Crippen molar-refractivity contribution < 1.29 is 248 Å². The topological polar surface area (TPSA) is 319 Å². The van der Waals surface area contributed by atoms with Crippen LogP contribution in [0.25, 0.3) is 22.3 Å². The Morgan fingerprint density at radius 3 is 1.31 bits per heavy atom. The van der Waals surface area contributed by atoms with Gasteiger partial charge in [0, 0.05) is 131 Å². The Morgan fingerprint density at radius 1 is 0.563 bits per heavy atom. The molecule has 20 atom stereocenters. The molecule has 7 N–H and O–H groups in total. The van der Waals surface area contributed by atoms with Gasteiger partial charge in [-0.1, -0.05) is 0 Å². The zero-order chi connectivity index (χ0) is 74.6. The largest absolute Gasteiger partial charge is 0 e. The summed E-state index contributed by atoms with van der Waals surface area (Å²) >= 11 is 6.02. The van der Waals surface area contributed by atoms with Crippen molar-refractivity contribution in [1.29, 1.82) is 0 Å².